The van der Waals surface area contributed by atoms with Crippen molar-refractivity contribution >= 4 is 11.9 Å². The monoisotopic (exact) mass is 370 g/mol. The normalized spacial score (nSPS) is 11.8. The summed E-state index contributed by atoms with van der Waals surface area (Å²) in [7, 11) is 0. The molecule has 27 heavy (non-hydrogen) atoms. The number of phenolic OH excluding ortho intramolecular Hbond substituents is 1. The van der Waals surface area contributed by atoms with E-state index in [2.05, 4.69) is 19.2 Å². The number of rotatable bonds is 9. The number of benzene rings is 2. The standard InChI is InChI=1S/C21H25NO5/c1-14(2)11-12-27-18-9-5-16(6-10-18)20(24)22-19(21(25)26)13-15-3-7-17(23)8-4-15/h3-10,14,19,23H,11-13H2,1-2H3,(H,22,24)(H,25,26)/p-1/t19-/m0/s1. The molecule has 2 aromatic rings. The van der Waals surface area contributed by atoms with E-state index in [-0.39, 0.29) is 12.2 Å². The minimum absolute atomic E-state index is 0.0603. The number of nitrogens with one attached hydrogen (secondary N) is 1. The van der Waals surface area contributed by atoms with Crippen LogP contribution in [0.3, 0.4) is 0 Å². The highest BCUT2D eigenvalue weighted by molar-refractivity contribution is 5.96. The Morgan fingerprint density at radius 2 is 1.70 bits per heavy atom. The van der Waals surface area contributed by atoms with E-state index >= 15 is 0 Å². The van der Waals surface area contributed by atoms with Crippen molar-refractivity contribution in [1.29, 1.82) is 0 Å². The Hall–Kier alpha value is -3.02. The average Bonchev–Trinajstić information content (AvgIpc) is 2.63. The molecule has 0 radical (unpaired) electrons. The van der Waals surface area contributed by atoms with Crippen molar-refractivity contribution in [1.82, 2.24) is 5.32 Å². The molecule has 144 valence electrons. The van der Waals surface area contributed by atoms with Crippen LogP contribution in [0.2, 0.25) is 0 Å². The predicted octanol–water partition coefficient (Wildman–Crippen LogP) is 1.91. The second-order valence-corrected chi connectivity index (χ2v) is 6.77. The predicted molar refractivity (Wildman–Crippen MR) is 99.5 cm³/mol. The molecule has 0 bridgehead atoms. The number of hydrogen-bond donors (Lipinski definition) is 2. The molecule has 0 saturated heterocycles. The van der Waals surface area contributed by atoms with E-state index in [1.54, 1.807) is 36.4 Å². The van der Waals surface area contributed by atoms with Gasteiger partial charge in [-0.05, 0) is 60.7 Å². The summed E-state index contributed by atoms with van der Waals surface area (Å²) in [6.45, 7) is 4.83. The van der Waals surface area contributed by atoms with Crippen LogP contribution >= 0.6 is 0 Å². The number of ether oxygens (including phenoxy) is 1. The lowest BCUT2D eigenvalue weighted by molar-refractivity contribution is -0.308. The van der Waals surface area contributed by atoms with Gasteiger partial charge < -0.3 is 25.1 Å². The van der Waals surface area contributed by atoms with Gasteiger partial charge in [0.05, 0.1) is 18.6 Å². The van der Waals surface area contributed by atoms with E-state index in [0.29, 0.717) is 29.4 Å². The summed E-state index contributed by atoms with van der Waals surface area (Å²) in [5.74, 6) is -0.580. The molecule has 2 rings (SSSR count). The van der Waals surface area contributed by atoms with Gasteiger partial charge in [-0.1, -0.05) is 26.0 Å². The first-order valence-electron chi connectivity index (χ1n) is 8.87. The second-order valence-electron chi connectivity index (χ2n) is 6.77. The Labute approximate surface area is 158 Å². The third-order valence-corrected chi connectivity index (χ3v) is 4.05. The molecular weight excluding hydrogens is 346 g/mol. The van der Waals surface area contributed by atoms with E-state index in [0.717, 1.165) is 6.42 Å². The summed E-state index contributed by atoms with van der Waals surface area (Å²) in [5, 5.41) is 23.1. The Morgan fingerprint density at radius 1 is 1.07 bits per heavy atom. The third kappa shape index (κ3) is 6.66. The van der Waals surface area contributed by atoms with Crippen molar-refractivity contribution in [3.63, 3.8) is 0 Å². The highest BCUT2D eigenvalue weighted by Gasteiger charge is 2.16. The molecule has 0 aliphatic rings. The van der Waals surface area contributed by atoms with Crippen LogP contribution in [0, 0.1) is 5.92 Å². The molecule has 0 spiro atoms. The molecule has 0 aliphatic carbocycles. The summed E-state index contributed by atoms with van der Waals surface area (Å²) >= 11 is 0. The van der Waals surface area contributed by atoms with Crippen molar-refractivity contribution in [3.8, 4) is 11.5 Å². The van der Waals surface area contributed by atoms with Gasteiger partial charge in [-0.15, -0.1) is 0 Å². The maximum absolute atomic E-state index is 12.3. The lowest BCUT2D eigenvalue weighted by atomic mass is 10.1. The molecule has 1 atom stereocenters. The minimum atomic E-state index is -1.37. The Kier molecular flexibility index (Phi) is 7.23. The Balaban J connectivity index is 1.96. The highest BCUT2D eigenvalue weighted by Crippen LogP contribution is 2.14. The minimum Gasteiger partial charge on any atom is -0.548 e. The van der Waals surface area contributed by atoms with Gasteiger partial charge in [-0.3, -0.25) is 4.79 Å². The number of carboxylic acid groups (broad SMARTS) is 1. The first-order chi connectivity index (χ1) is 12.8. The molecule has 1 amide bonds. The number of carboxylic acids is 1. The highest BCUT2D eigenvalue weighted by atomic mass is 16.5. The Bertz CT molecular complexity index is 753. The number of amides is 1. The van der Waals surface area contributed by atoms with E-state index < -0.39 is 17.9 Å². The van der Waals surface area contributed by atoms with Crippen LogP contribution in [-0.2, 0) is 11.2 Å². The fourth-order valence-corrected chi connectivity index (χ4v) is 2.42. The zero-order chi connectivity index (χ0) is 19.8. The van der Waals surface area contributed by atoms with Crippen LogP contribution in [0.5, 0.6) is 11.5 Å². The summed E-state index contributed by atoms with van der Waals surface area (Å²) in [4.78, 5) is 23.7. The van der Waals surface area contributed by atoms with Crippen molar-refractivity contribution < 1.29 is 24.5 Å². The van der Waals surface area contributed by atoms with Crippen LogP contribution in [0.1, 0.15) is 36.2 Å². The van der Waals surface area contributed by atoms with Crippen molar-refractivity contribution in [2.75, 3.05) is 6.61 Å². The molecule has 0 unspecified atom stereocenters. The first-order valence-corrected chi connectivity index (χ1v) is 8.87. The van der Waals surface area contributed by atoms with Gasteiger partial charge in [0.2, 0.25) is 0 Å². The lowest BCUT2D eigenvalue weighted by Gasteiger charge is -2.20. The fourth-order valence-electron chi connectivity index (χ4n) is 2.42. The van der Waals surface area contributed by atoms with Gasteiger partial charge in [0.1, 0.15) is 11.5 Å². The van der Waals surface area contributed by atoms with Gasteiger partial charge in [-0.2, -0.15) is 0 Å². The van der Waals surface area contributed by atoms with Crippen LogP contribution in [0.25, 0.3) is 0 Å². The van der Waals surface area contributed by atoms with Crippen molar-refractivity contribution in [3.05, 3.63) is 59.7 Å². The molecule has 2 aromatic carbocycles. The third-order valence-electron chi connectivity index (χ3n) is 4.05. The summed E-state index contributed by atoms with van der Waals surface area (Å²) in [5.41, 5.74) is 0.999. The quantitative estimate of drug-likeness (QED) is 0.702. The number of aromatic hydroxyl groups is 1. The molecule has 6 heteroatoms. The summed E-state index contributed by atoms with van der Waals surface area (Å²) in [6, 6.07) is 11.5. The van der Waals surface area contributed by atoms with Gasteiger partial charge in [0, 0.05) is 5.56 Å². The maximum atomic E-state index is 12.3. The molecule has 0 fully saturated rings. The number of carbonyl (C=O) groups is 2. The average molecular weight is 370 g/mol. The summed E-state index contributed by atoms with van der Waals surface area (Å²) in [6.07, 6.45) is 0.998. The zero-order valence-corrected chi connectivity index (χ0v) is 15.5. The van der Waals surface area contributed by atoms with E-state index in [1.807, 2.05) is 0 Å². The largest absolute Gasteiger partial charge is 0.548 e. The SMILES string of the molecule is CC(C)CCOc1ccc(C(=O)N[C@@H](Cc2ccc(O)cc2)C(=O)[O-])cc1. The number of phenols is 1. The van der Waals surface area contributed by atoms with Gasteiger partial charge >= 0.3 is 0 Å². The molecule has 2 N–H and O–H groups in total. The van der Waals surface area contributed by atoms with Crippen LogP contribution in [0.4, 0.5) is 0 Å². The number of aliphatic carboxylic acids is 1. The van der Waals surface area contributed by atoms with Gasteiger partial charge in [0.25, 0.3) is 5.91 Å². The van der Waals surface area contributed by atoms with Crippen LogP contribution < -0.4 is 15.2 Å². The van der Waals surface area contributed by atoms with E-state index in [1.165, 1.54) is 12.1 Å². The zero-order valence-electron chi connectivity index (χ0n) is 15.5. The molecule has 0 heterocycles. The van der Waals surface area contributed by atoms with Crippen LogP contribution in [-0.4, -0.2) is 29.6 Å². The van der Waals surface area contributed by atoms with Crippen molar-refractivity contribution in [2.24, 2.45) is 5.92 Å². The topological polar surface area (TPSA) is 98.7 Å². The maximum Gasteiger partial charge on any atom is 0.251 e. The van der Waals surface area contributed by atoms with Gasteiger partial charge in [-0.25, -0.2) is 0 Å². The number of carbonyl (C=O) groups excluding carboxylic acids is 2. The first kappa shape index (κ1) is 20.3. The molecular formula is C21H24NO5-. The fraction of sp³-hybridized carbons (Fsp3) is 0.333. The van der Waals surface area contributed by atoms with Crippen LogP contribution in [0.15, 0.2) is 48.5 Å². The number of hydrogen-bond acceptors (Lipinski definition) is 5. The summed E-state index contributed by atoms with van der Waals surface area (Å²) < 4.78 is 5.60. The molecule has 0 saturated carbocycles. The smallest absolute Gasteiger partial charge is 0.251 e. The van der Waals surface area contributed by atoms with E-state index in [9.17, 15) is 19.8 Å². The Morgan fingerprint density at radius 3 is 2.26 bits per heavy atom. The molecule has 0 aromatic heterocycles. The molecule has 6 nitrogen and oxygen atoms in total. The second kappa shape index (κ2) is 9.62. The van der Waals surface area contributed by atoms with E-state index in [4.69, 9.17) is 4.74 Å². The lowest BCUT2D eigenvalue weighted by Crippen LogP contribution is -2.49. The van der Waals surface area contributed by atoms with Gasteiger partial charge in [0.15, 0.2) is 0 Å². The van der Waals surface area contributed by atoms with Crippen molar-refractivity contribution in [2.45, 2.75) is 32.7 Å². The molecule has 0 aliphatic heterocycles.